The molecule has 1 amide bonds. The number of hydrogen-bond donors (Lipinski definition) is 0. The molecule has 1 aromatic rings. The first-order chi connectivity index (χ1) is 8.19. The van der Waals surface area contributed by atoms with Crippen LogP contribution in [0.15, 0.2) is 18.3 Å². The quantitative estimate of drug-likeness (QED) is 0.561. The number of amides is 1. The van der Waals surface area contributed by atoms with Crippen LogP contribution in [-0.4, -0.2) is 42.1 Å². The summed E-state index contributed by atoms with van der Waals surface area (Å²) in [6.07, 6.45) is 1.29. The van der Waals surface area contributed by atoms with Gasteiger partial charge in [0.1, 0.15) is 0 Å². The highest BCUT2D eigenvalue weighted by Crippen LogP contribution is 2.05. The minimum absolute atomic E-state index is 0.200. The predicted octanol–water partition coefficient (Wildman–Crippen LogP) is 1.72. The van der Waals surface area contributed by atoms with Crippen molar-refractivity contribution in [3.05, 3.63) is 29.8 Å². The maximum atomic E-state index is 12.9. The van der Waals surface area contributed by atoms with E-state index in [4.69, 9.17) is 4.74 Å². The van der Waals surface area contributed by atoms with Gasteiger partial charge in [-0.25, -0.2) is 4.98 Å². The second-order valence-electron chi connectivity index (χ2n) is 3.45. The average molecular weight is 240 g/mol. The van der Waals surface area contributed by atoms with Gasteiger partial charge in [-0.05, 0) is 19.9 Å². The fourth-order valence-corrected chi connectivity index (χ4v) is 1.44. The fraction of sp³-hybridized carbons (Fsp3) is 0.500. The van der Waals surface area contributed by atoms with Gasteiger partial charge in [-0.1, -0.05) is 0 Å². The molecule has 0 aliphatic rings. The third-order valence-electron chi connectivity index (χ3n) is 2.35. The number of carbonyl (C=O) groups is 1. The van der Waals surface area contributed by atoms with Crippen LogP contribution in [0.5, 0.6) is 0 Å². The van der Waals surface area contributed by atoms with Crippen molar-refractivity contribution in [2.24, 2.45) is 0 Å². The van der Waals surface area contributed by atoms with Crippen LogP contribution < -0.4 is 0 Å². The Morgan fingerprint density at radius 1 is 1.53 bits per heavy atom. The summed E-state index contributed by atoms with van der Waals surface area (Å²) in [7, 11) is 0. The summed E-state index contributed by atoms with van der Waals surface area (Å²) in [5.74, 6) is -0.842. The van der Waals surface area contributed by atoms with E-state index in [1.807, 2.05) is 13.8 Å². The summed E-state index contributed by atoms with van der Waals surface area (Å²) in [6, 6.07) is 2.65. The molecule has 0 spiro atoms. The third-order valence-corrected chi connectivity index (χ3v) is 2.35. The molecule has 0 fully saturated rings. The lowest BCUT2D eigenvalue weighted by Gasteiger charge is -2.20. The van der Waals surface area contributed by atoms with Gasteiger partial charge in [0.05, 0.1) is 6.61 Å². The Morgan fingerprint density at radius 2 is 2.29 bits per heavy atom. The zero-order chi connectivity index (χ0) is 12.7. The van der Waals surface area contributed by atoms with Crippen molar-refractivity contribution >= 4 is 5.91 Å². The van der Waals surface area contributed by atoms with Gasteiger partial charge in [0, 0.05) is 37.5 Å². The number of likely N-dealkylation sites (N-methyl/N-ethyl adjacent to an activating group) is 1. The van der Waals surface area contributed by atoms with E-state index in [1.165, 1.54) is 12.3 Å². The number of ether oxygens (including phenoxy) is 1. The van der Waals surface area contributed by atoms with E-state index < -0.39 is 5.95 Å². The lowest BCUT2D eigenvalue weighted by molar-refractivity contribution is 0.0668. The smallest absolute Gasteiger partial charge is 0.254 e. The van der Waals surface area contributed by atoms with Gasteiger partial charge in [-0.15, -0.1) is 0 Å². The van der Waals surface area contributed by atoms with Crippen LogP contribution in [0.4, 0.5) is 4.39 Å². The molecule has 17 heavy (non-hydrogen) atoms. The highest BCUT2D eigenvalue weighted by molar-refractivity contribution is 5.94. The van der Waals surface area contributed by atoms with Crippen molar-refractivity contribution in [3.63, 3.8) is 0 Å². The van der Waals surface area contributed by atoms with Gasteiger partial charge in [0.25, 0.3) is 5.91 Å². The van der Waals surface area contributed by atoms with Crippen LogP contribution in [-0.2, 0) is 4.74 Å². The molecule has 0 atom stereocenters. The van der Waals surface area contributed by atoms with E-state index in [-0.39, 0.29) is 5.91 Å². The van der Waals surface area contributed by atoms with Crippen molar-refractivity contribution in [1.82, 2.24) is 9.88 Å². The monoisotopic (exact) mass is 240 g/mol. The van der Waals surface area contributed by atoms with E-state index in [2.05, 4.69) is 4.98 Å². The van der Waals surface area contributed by atoms with Crippen molar-refractivity contribution in [2.45, 2.75) is 13.8 Å². The zero-order valence-electron chi connectivity index (χ0n) is 10.1. The molecule has 0 aliphatic heterocycles. The van der Waals surface area contributed by atoms with Crippen LogP contribution in [0.3, 0.4) is 0 Å². The van der Waals surface area contributed by atoms with Crippen LogP contribution in [0.1, 0.15) is 24.2 Å². The molecule has 5 heteroatoms. The topological polar surface area (TPSA) is 42.4 Å². The molecule has 0 aromatic carbocycles. The molecule has 0 bridgehead atoms. The SMILES string of the molecule is CCOCCN(CC)C(=O)c1ccnc(F)c1. The first-order valence-electron chi connectivity index (χ1n) is 5.67. The number of carbonyl (C=O) groups excluding carboxylic acids is 1. The van der Waals surface area contributed by atoms with E-state index in [0.29, 0.717) is 31.9 Å². The molecular formula is C12H17FN2O2. The maximum Gasteiger partial charge on any atom is 0.254 e. The Balaban J connectivity index is 2.65. The summed E-state index contributed by atoms with van der Waals surface area (Å²) in [6.45, 7) is 5.96. The molecule has 0 radical (unpaired) electrons. The van der Waals surface area contributed by atoms with E-state index in [0.717, 1.165) is 6.07 Å². The lowest BCUT2D eigenvalue weighted by atomic mass is 10.2. The van der Waals surface area contributed by atoms with Crippen LogP contribution in [0.25, 0.3) is 0 Å². The average Bonchev–Trinajstić information content (AvgIpc) is 2.34. The van der Waals surface area contributed by atoms with Crippen LogP contribution >= 0.6 is 0 Å². The summed E-state index contributed by atoms with van der Waals surface area (Å²) >= 11 is 0. The number of halogens is 1. The minimum Gasteiger partial charge on any atom is -0.380 e. The molecule has 0 aliphatic carbocycles. The Bertz CT molecular complexity index is 371. The largest absolute Gasteiger partial charge is 0.380 e. The molecule has 4 nitrogen and oxygen atoms in total. The second-order valence-corrected chi connectivity index (χ2v) is 3.45. The van der Waals surface area contributed by atoms with E-state index in [1.54, 1.807) is 4.90 Å². The molecule has 94 valence electrons. The summed E-state index contributed by atoms with van der Waals surface area (Å²) in [5, 5.41) is 0. The zero-order valence-corrected chi connectivity index (χ0v) is 10.1. The second kappa shape index (κ2) is 6.96. The summed E-state index contributed by atoms with van der Waals surface area (Å²) in [5.41, 5.74) is 0.316. The van der Waals surface area contributed by atoms with Crippen molar-refractivity contribution in [2.75, 3.05) is 26.3 Å². The Morgan fingerprint density at radius 3 is 2.88 bits per heavy atom. The molecule has 0 unspecified atom stereocenters. The van der Waals surface area contributed by atoms with E-state index >= 15 is 0 Å². The van der Waals surface area contributed by atoms with Crippen molar-refractivity contribution < 1.29 is 13.9 Å². The molecule has 0 saturated heterocycles. The first kappa shape index (κ1) is 13.6. The number of aromatic nitrogens is 1. The van der Waals surface area contributed by atoms with Gasteiger partial charge in [0.15, 0.2) is 0 Å². The summed E-state index contributed by atoms with van der Waals surface area (Å²) in [4.78, 5) is 17.0. The highest BCUT2D eigenvalue weighted by Gasteiger charge is 2.14. The Labute approximate surface area is 100 Å². The van der Waals surface area contributed by atoms with Gasteiger partial charge >= 0.3 is 0 Å². The van der Waals surface area contributed by atoms with Crippen molar-refractivity contribution in [3.8, 4) is 0 Å². The Kier molecular flexibility index (Phi) is 5.56. The maximum absolute atomic E-state index is 12.9. The lowest BCUT2D eigenvalue weighted by Crippen LogP contribution is -2.34. The molecule has 0 saturated carbocycles. The van der Waals surface area contributed by atoms with Gasteiger partial charge in [0.2, 0.25) is 5.95 Å². The predicted molar refractivity (Wildman–Crippen MR) is 62.3 cm³/mol. The molecular weight excluding hydrogens is 223 g/mol. The summed E-state index contributed by atoms with van der Waals surface area (Å²) < 4.78 is 18.1. The number of rotatable bonds is 6. The molecule has 0 N–H and O–H groups in total. The number of pyridine rings is 1. The van der Waals surface area contributed by atoms with Crippen LogP contribution in [0.2, 0.25) is 0 Å². The van der Waals surface area contributed by atoms with Crippen LogP contribution in [0, 0.1) is 5.95 Å². The molecule has 1 aromatic heterocycles. The normalized spacial score (nSPS) is 10.3. The number of nitrogens with zero attached hydrogens (tertiary/aromatic N) is 2. The van der Waals surface area contributed by atoms with Crippen molar-refractivity contribution in [1.29, 1.82) is 0 Å². The van der Waals surface area contributed by atoms with Gasteiger partial charge in [-0.2, -0.15) is 4.39 Å². The van der Waals surface area contributed by atoms with Gasteiger partial charge < -0.3 is 9.64 Å². The fourth-order valence-electron chi connectivity index (χ4n) is 1.44. The third kappa shape index (κ3) is 4.11. The Hall–Kier alpha value is -1.49. The minimum atomic E-state index is -0.642. The molecule has 1 rings (SSSR count). The van der Waals surface area contributed by atoms with E-state index in [9.17, 15) is 9.18 Å². The number of hydrogen-bond acceptors (Lipinski definition) is 3. The molecule has 1 heterocycles. The highest BCUT2D eigenvalue weighted by atomic mass is 19.1. The first-order valence-corrected chi connectivity index (χ1v) is 5.67. The standard InChI is InChI=1S/C12H17FN2O2/c1-3-15(7-8-17-4-2)12(16)10-5-6-14-11(13)9-10/h5-6,9H,3-4,7-8H2,1-2H3. The van der Waals surface area contributed by atoms with Gasteiger partial charge in [-0.3, -0.25) is 4.79 Å².